The Labute approximate surface area is 98.1 Å². The van der Waals surface area contributed by atoms with Gasteiger partial charge in [0.15, 0.2) is 0 Å². The SMILES string of the molecule is C=C[C@@H]1c2cccc3[nH]cc(c23)C[C@H]1[N+](=O)[O-]. The Morgan fingerprint density at radius 3 is 3.06 bits per heavy atom. The molecule has 86 valence electrons. The van der Waals surface area contributed by atoms with Gasteiger partial charge in [0, 0.05) is 28.4 Å². The molecule has 4 nitrogen and oxygen atoms in total. The van der Waals surface area contributed by atoms with Gasteiger partial charge >= 0.3 is 0 Å². The van der Waals surface area contributed by atoms with Crippen LogP contribution in [-0.4, -0.2) is 15.9 Å². The van der Waals surface area contributed by atoms with Crippen molar-refractivity contribution in [2.45, 2.75) is 18.4 Å². The van der Waals surface area contributed by atoms with Crippen LogP contribution in [0.2, 0.25) is 0 Å². The summed E-state index contributed by atoms with van der Waals surface area (Å²) in [5, 5.41) is 12.3. The van der Waals surface area contributed by atoms with Gasteiger partial charge in [0.1, 0.15) is 0 Å². The van der Waals surface area contributed by atoms with E-state index < -0.39 is 6.04 Å². The topological polar surface area (TPSA) is 58.9 Å². The molecule has 0 radical (unpaired) electrons. The second-order valence-corrected chi connectivity index (χ2v) is 4.40. The van der Waals surface area contributed by atoms with Gasteiger partial charge in [0.05, 0.1) is 5.92 Å². The fourth-order valence-corrected chi connectivity index (χ4v) is 2.77. The molecular weight excluding hydrogens is 216 g/mol. The van der Waals surface area contributed by atoms with E-state index in [0.29, 0.717) is 6.42 Å². The minimum atomic E-state index is -0.596. The van der Waals surface area contributed by atoms with Gasteiger partial charge in [0.25, 0.3) is 0 Å². The van der Waals surface area contributed by atoms with Crippen LogP contribution in [0.3, 0.4) is 0 Å². The molecule has 0 spiro atoms. The number of nitrogens with one attached hydrogen (secondary N) is 1. The van der Waals surface area contributed by atoms with Gasteiger partial charge < -0.3 is 4.98 Å². The number of hydrogen-bond acceptors (Lipinski definition) is 2. The molecular formula is C13H12N2O2. The van der Waals surface area contributed by atoms with E-state index in [1.54, 1.807) is 6.08 Å². The summed E-state index contributed by atoms with van der Waals surface area (Å²) < 4.78 is 0. The molecule has 0 unspecified atom stereocenters. The molecule has 0 saturated carbocycles. The van der Waals surface area contributed by atoms with Gasteiger partial charge in [0.2, 0.25) is 6.04 Å². The van der Waals surface area contributed by atoms with Crippen molar-refractivity contribution in [3.05, 3.63) is 58.3 Å². The molecule has 1 N–H and O–H groups in total. The second kappa shape index (κ2) is 3.45. The van der Waals surface area contributed by atoms with Crippen LogP contribution in [0.1, 0.15) is 17.0 Å². The molecule has 0 amide bonds. The highest BCUT2D eigenvalue weighted by atomic mass is 16.6. The number of H-pyrrole nitrogens is 1. The van der Waals surface area contributed by atoms with Gasteiger partial charge in [-0.25, -0.2) is 0 Å². The molecule has 0 aliphatic heterocycles. The summed E-state index contributed by atoms with van der Waals surface area (Å²) in [6, 6.07) is 5.29. The van der Waals surface area contributed by atoms with Crippen LogP contribution in [0, 0.1) is 10.1 Å². The third-order valence-electron chi connectivity index (χ3n) is 3.55. The minimum absolute atomic E-state index is 0.193. The number of nitro groups is 1. The van der Waals surface area contributed by atoms with Crippen LogP contribution in [-0.2, 0) is 6.42 Å². The summed E-state index contributed by atoms with van der Waals surface area (Å²) in [5.41, 5.74) is 3.10. The standard InChI is InChI=1S/C13H12N2O2/c1-2-9-10-4-3-5-11-13(10)8(7-14-11)6-12(9)15(16)17/h2-5,7,9,12,14H,1,6H2/t9-,12-/m1/s1. The largest absolute Gasteiger partial charge is 0.361 e. The maximum Gasteiger partial charge on any atom is 0.227 e. The molecule has 3 rings (SSSR count). The Kier molecular flexibility index (Phi) is 2.04. The van der Waals surface area contributed by atoms with Crippen molar-refractivity contribution in [2.75, 3.05) is 0 Å². The van der Waals surface area contributed by atoms with Crippen molar-refractivity contribution >= 4 is 10.9 Å². The van der Waals surface area contributed by atoms with Gasteiger partial charge in [-0.1, -0.05) is 18.2 Å². The van der Waals surface area contributed by atoms with Crippen LogP contribution in [0.15, 0.2) is 37.1 Å². The van der Waals surface area contributed by atoms with Gasteiger partial charge in [-0.05, 0) is 17.2 Å². The van der Waals surface area contributed by atoms with E-state index in [9.17, 15) is 10.1 Å². The lowest BCUT2D eigenvalue weighted by Gasteiger charge is -2.23. The summed E-state index contributed by atoms with van der Waals surface area (Å²) in [5.74, 6) is -0.197. The van der Waals surface area contributed by atoms with Crippen LogP contribution >= 0.6 is 0 Å². The average Bonchev–Trinajstić information content (AvgIpc) is 2.74. The van der Waals surface area contributed by atoms with Gasteiger partial charge in [-0.2, -0.15) is 0 Å². The van der Waals surface area contributed by atoms with E-state index in [4.69, 9.17) is 0 Å². The Hall–Kier alpha value is -2.10. The lowest BCUT2D eigenvalue weighted by atomic mass is 9.80. The Morgan fingerprint density at radius 2 is 2.35 bits per heavy atom. The summed E-state index contributed by atoms with van der Waals surface area (Å²) in [4.78, 5) is 14.1. The number of benzene rings is 1. The molecule has 4 heteroatoms. The van der Waals surface area contributed by atoms with E-state index in [-0.39, 0.29) is 10.8 Å². The van der Waals surface area contributed by atoms with Crippen LogP contribution in [0.25, 0.3) is 10.9 Å². The molecule has 0 bridgehead atoms. The third-order valence-corrected chi connectivity index (χ3v) is 3.55. The van der Waals surface area contributed by atoms with E-state index in [1.807, 2.05) is 24.4 Å². The van der Waals surface area contributed by atoms with Crippen molar-refractivity contribution in [3.63, 3.8) is 0 Å². The summed E-state index contributed by atoms with van der Waals surface area (Å²) in [7, 11) is 0. The molecule has 2 atom stereocenters. The maximum absolute atomic E-state index is 11.1. The quantitative estimate of drug-likeness (QED) is 0.488. The Balaban J connectivity index is 2.28. The molecule has 1 aliphatic rings. The monoisotopic (exact) mass is 228 g/mol. The normalized spacial score (nSPS) is 22.6. The van der Waals surface area contributed by atoms with Gasteiger partial charge in [-0.3, -0.25) is 10.1 Å². The average molecular weight is 228 g/mol. The van der Waals surface area contributed by atoms with E-state index in [0.717, 1.165) is 22.0 Å². The molecule has 1 aromatic heterocycles. The number of rotatable bonds is 2. The molecule has 0 saturated heterocycles. The lowest BCUT2D eigenvalue weighted by Crippen LogP contribution is -2.31. The van der Waals surface area contributed by atoms with Crippen molar-refractivity contribution in [1.29, 1.82) is 0 Å². The van der Waals surface area contributed by atoms with Crippen molar-refractivity contribution in [3.8, 4) is 0 Å². The Bertz CT molecular complexity index is 615. The predicted octanol–water partition coefficient (Wildman–Crippen LogP) is 2.64. The fourth-order valence-electron chi connectivity index (χ4n) is 2.77. The molecule has 1 heterocycles. The minimum Gasteiger partial charge on any atom is -0.361 e. The first-order valence-corrected chi connectivity index (χ1v) is 5.57. The zero-order valence-electron chi connectivity index (χ0n) is 9.22. The van der Waals surface area contributed by atoms with Crippen molar-refractivity contribution in [2.24, 2.45) is 0 Å². The number of hydrogen-bond donors (Lipinski definition) is 1. The van der Waals surface area contributed by atoms with Crippen LogP contribution in [0.4, 0.5) is 0 Å². The second-order valence-electron chi connectivity index (χ2n) is 4.40. The smallest absolute Gasteiger partial charge is 0.227 e. The summed E-state index contributed by atoms with van der Waals surface area (Å²) in [6.07, 6.45) is 4.04. The summed E-state index contributed by atoms with van der Waals surface area (Å²) >= 11 is 0. The van der Waals surface area contributed by atoms with Gasteiger partial charge in [-0.15, -0.1) is 6.58 Å². The predicted molar refractivity (Wildman–Crippen MR) is 65.7 cm³/mol. The highest BCUT2D eigenvalue weighted by Gasteiger charge is 2.36. The van der Waals surface area contributed by atoms with Crippen molar-refractivity contribution < 1.29 is 4.92 Å². The molecule has 2 aromatic rings. The fraction of sp³-hybridized carbons (Fsp3) is 0.231. The number of nitrogens with zero attached hydrogens (tertiary/aromatic N) is 1. The highest BCUT2D eigenvalue weighted by Crippen LogP contribution is 2.38. The van der Waals surface area contributed by atoms with Crippen LogP contribution in [0.5, 0.6) is 0 Å². The molecule has 1 aromatic carbocycles. The zero-order valence-corrected chi connectivity index (χ0v) is 9.22. The first-order chi connectivity index (χ1) is 8.22. The summed E-state index contributed by atoms with van der Waals surface area (Å²) in [6.45, 7) is 3.75. The third kappa shape index (κ3) is 1.30. The molecule has 17 heavy (non-hydrogen) atoms. The highest BCUT2D eigenvalue weighted by molar-refractivity contribution is 5.88. The molecule has 1 aliphatic carbocycles. The number of aromatic nitrogens is 1. The van der Waals surface area contributed by atoms with E-state index in [2.05, 4.69) is 11.6 Å². The van der Waals surface area contributed by atoms with Crippen molar-refractivity contribution in [1.82, 2.24) is 4.98 Å². The number of aromatic amines is 1. The first kappa shape index (κ1) is 10.1. The first-order valence-electron chi connectivity index (χ1n) is 5.57. The Morgan fingerprint density at radius 1 is 1.53 bits per heavy atom. The van der Waals surface area contributed by atoms with Crippen LogP contribution < -0.4 is 0 Å². The molecule has 0 fully saturated rings. The maximum atomic E-state index is 11.1. The van der Waals surface area contributed by atoms with E-state index in [1.165, 1.54) is 0 Å². The lowest BCUT2D eigenvalue weighted by molar-refractivity contribution is -0.524. The van der Waals surface area contributed by atoms with E-state index >= 15 is 0 Å². The zero-order chi connectivity index (χ0) is 12.0.